The van der Waals surface area contributed by atoms with Crippen molar-refractivity contribution in [2.24, 2.45) is 0 Å². The maximum atomic E-state index is 14.3. The molecule has 6 aromatic rings. The van der Waals surface area contributed by atoms with E-state index in [1.807, 2.05) is 24.3 Å². The van der Waals surface area contributed by atoms with Crippen LogP contribution in [0.25, 0.3) is 55.2 Å². The van der Waals surface area contributed by atoms with Gasteiger partial charge in [-0.25, -0.2) is 0 Å². The molecule has 0 atom stereocenters. The molecule has 2 amide bonds. The van der Waals surface area contributed by atoms with Gasteiger partial charge in [0, 0.05) is 25.2 Å². The third-order valence-corrected chi connectivity index (χ3v) is 9.86. The van der Waals surface area contributed by atoms with Gasteiger partial charge in [-0.2, -0.15) is 0 Å². The summed E-state index contributed by atoms with van der Waals surface area (Å²) in [6, 6.07) is 38.2. The lowest BCUT2D eigenvalue weighted by molar-refractivity contribution is -0.123. The molecule has 0 radical (unpaired) electrons. The minimum absolute atomic E-state index is 0.169. The van der Waals surface area contributed by atoms with E-state index >= 15 is 0 Å². The van der Waals surface area contributed by atoms with Crippen molar-refractivity contribution >= 4 is 44.8 Å². The fourth-order valence-electron chi connectivity index (χ4n) is 7.93. The number of rotatable bonds is 4. The topological polar surface area (TPSA) is 40.6 Å². The first kappa shape index (κ1) is 29.6. The van der Waals surface area contributed by atoms with Gasteiger partial charge in [-0.3, -0.25) is 9.59 Å². The first-order chi connectivity index (χ1) is 23.1. The Bertz CT molecular complexity index is 2250. The Kier molecular flexibility index (Phi) is 6.74. The smallest absolute Gasteiger partial charge is 0.261 e. The summed E-state index contributed by atoms with van der Waals surface area (Å²) in [5, 5.41) is 4.17. The largest absolute Gasteiger partial charge is 0.310 e. The SMILES string of the molecule is Cc1cc(C)cc(-c2ccc(C3=C4C(=O)N(C)C(c5ccc(-c6cc(C)cc(C)c6)c6ccccc56)=C4C(=O)N3C)c3ccccc23)c1. The molecule has 0 unspecified atom stereocenters. The molecule has 0 fully saturated rings. The molecule has 6 aromatic carbocycles. The standard InChI is InChI=1S/C44H36N2O2/c1-25-19-26(2)22-29(21-25)31-15-17-37(35-13-9-7-11-33(31)35)41-39-40(44(48)45(41)5)42(46(6)43(39)47)38-18-16-32(34-12-8-10-14-36(34)38)30-23-27(3)20-28(4)24-30/h7-24H,1-6H3. The molecular formula is C44H36N2O2. The summed E-state index contributed by atoms with van der Waals surface area (Å²) >= 11 is 0. The zero-order chi connectivity index (χ0) is 33.4. The molecule has 0 bridgehead atoms. The Balaban J connectivity index is 1.36. The molecule has 2 heterocycles. The molecule has 0 aromatic heterocycles. The summed E-state index contributed by atoms with van der Waals surface area (Å²) in [5.74, 6) is -0.338. The van der Waals surface area contributed by atoms with Gasteiger partial charge in [0.15, 0.2) is 0 Å². The van der Waals surface area contributed by atoms with Crippen LogP contribution in [0.2, 0.25) is 0 Å². The number of fused-ring (bicyclic) bond motifs is 3. The van der Waals surface area contributed by atoms with Crippen LogP contribution in [0, 0.1) is 27.7 Å². The summed E-state index contributed by atoms with van der Waals surface area (Å²) in [7, 11) is 3.57. The monoisotopic (exact) mass is 624 g/mol. The number of aryl methyl sites for hydroxylation is 4. The number of hydrogen-bond donors (Lipinski definition) is 0. The van der Waals surface area contributed by atoms with E-state index in [1.165, 1.54) is 22.3 Å². The first-order valence-electron chi connectivity index (χ1n) is 16.4. The first-order valence-corrected chi connectivity index (χ1v) is 16.4. The summed E-state index contributed by atoms with van der Waals surface area (Å²) < 4.78 is 0. The van der Waals surface area contributed by atoms with Crippen molar-refractivity contribution < 1.29 is 9.59 Å². The van der Waals surface area contributed by atoms with E-state index in [9.17, 15) is 9.59 Å². The minimum Gasteiger partial charge on any atom is -0.310 e. The highest BCUT2D eigenvalue weighted by Crippen LogP contribution is 2.48. The quantitative estimate of drug-likeness (QED) is 0.196. The molecule has 234 valence electrons. The number of carbonyl (C=O) groups is 2. The van der Waals surface area contributed by atoms with Gasteiger partial charge < -0.3 is 9.80 Å². The van der Waals surface area contributed by atoms with Crippen molar-refractivity contribution in [2.75, 3.05) is 14.1 Å². The van der Waals surface area contributed by atoms with E-state index in [0.29, 0.717) is 22.5 Å². The second-order valence-corrected chi connectivity index (χ2v) is 13.3. The predicted octanol–water partition coefficient (Wildman–Crippen LogP) is 9.63. The maximum Gasteiger partial charge on any atom is 0.261 e. The molecule has 4 nitrogen and oxygen atoms in total. The van der Waals surface area contributed by atoms with Crippen LogP contribution in [0.15, 0.2) is 120 Å². The molecule has 2 aliphatic rings. The van der Waals surface area contributed by atoms with E-state index in [4.69, 9.17) is 0 Å². The van der Waals surface area contributed by atoms with Gasteiger partial charge >= 0.3 is 0 Å². The van der Waals surface area contributed by atoms with E-state index in [1.54, 1.807) is 23.9 Å². The average Bonchev–Trinajstić information content (AvgIpc) is 3.47. The third-order valence-electron chi connectivity index (χ3n) is 9.86. The van der Waals surface area contributed by atoms with E-state index in [0.717, 1.165) is 54.9 Å². The Hall–Kier alpha value is -5.74. The van der Waals surface area contributed by atoms with Crippen LogP contribution in [0.4, 0.5) is 0 Å². The number of likely N-dealkylation sites (N-methyl/N-ethyl adjacent to an activating group) is 2. The average molecular weight is 625 g/mol. The maximum absolute atomic E-state index is 14.3. The van der Waals surface area contributed by atoms with E-state index < -0.39 is 0 Å². The summed E-state index contributed by atoms with van der Waals surface area (Å²) in [5.41, 5.74) is 13.4. The highest BCUT2D eigenvalue weighted by molar-refractivity contribution is 6.31. The van der Waals surface area contributed by atoms with Gasteiger partial charge in [0.05, 0.1) is 22.5 Å². The van der Waals surface area contributed by atoms with E-state index in [-0.39, 0.29) is 11.8 Å². The number of nitrogens with zero attached hydrogens (tertiary/aromatic N) is 2. The van der Waals surface area contributed by atoms with Crippen molar-refractivity contribution in [2.45, 2.75) is 27.7 Å². The van der Waals surface area contributed by atoms with Crippen LogP contribution in [0.3, 0.4) is 0 Å². The molecule has 0 spiro atoms. The summed E-state index contributed by atoms with van der Waals surface area (Å²) in [6.45, 7) is 8.47. The summed E-state index contributed by atoms with van der Waals surface area (Å²) in [6.07, 6.45) is 0. The molecular weight excluding hydrogens is 588 g/mol. The number of benzene rings is 6. The number of carbonyl (C=O) groups excluding carboxylic acids is 2. The fourth-order valence-corrected chi connectivity index (χ4v) is 7.93. The second kappa shape index (κ2) is 10.9. The highest BCUT2D eigenvalue weighted by atomic mass is 16.2. The molecule has 0 aliphatic carbocycles. The van der Waals surface area contributed by atoms with Gasteiger partial charge in [-0.15, -0.1) is 0 Å². The van der Waals surface area contributed by atoms with Crippen molar-refractivity contribution in [3.8, 4) is 22.3 Å². The number of hydrogen-bond acceptors (Lipinski definition) is 2. The molecule has 48 heavy (non-hydrogen) atoms. The normalized spacial score (nSPS) is 14.7. The van der Waals surface area contributed by atoms with Gasteiger partial charge in [0.1, 0.15) is 0 Å². The van der Waals surface area contributed by atoms with Crippen LogP contribution in [-0.2, 0) is 9.59 Å². The van der Waals surface area contributed by atoms with E-state index in [2.05, 4.69) is 113 Å². The molecule has 2 aliphatic heterocycles. The zero-order valence-corrected chi connectivity index (χ0v) is 28.1. The van der Waals surface area contributed by atoms with Crippen LogP contribution < -0.4 is 0 Å². The van der Waals surface area contributed by atoms with Crippen LogP contribution >= 0.6 is 0 Å². The lowest BCUT2D eigenvalue weighted by Crippen LogP contribution is -2.25. The van der Waals surface area contributed by atoms with Crippen molar-refractivity contribution in [1.82, 2.24) is 9.80 Å². The minimum atomic E-state index is -0.169. The fraction of sp³-hybridized carbons (Fsp3) is 0.136. The molecule has 4 heteroatoms. The Morgan fingerprint density at radius 1 is 0.396 bits per heavy atom. The summed E-state index contributed by atoms with van der Waals surface area (Å²) in [4.78, 5) is 31.9. The molecule has 0 saturated heterocycles. The van der Waals surface area contributed by atoms with Gasteiger partial charge in [-0.1, -0.05) is 131 Å². The second-order valence-electron chi connectivity index (χ2n) is 13.3. The number of amides is 2. The van der Waals surface area contributed by atoms with Crippen molar-refractivity contribution in [3.63, 3.8) is 0 Å². The molecule has 0 N–H and O–H groups in total. The Morgan fingerprint density at radius 3 is 1.02 bits per heavy atom. The molecule has 0 saturated carbocycles. The van der Waals surface area contributed by atoms with Crippen LogP contribution in [0.5, 0.6) is 0 Å². The molecule has 8 rings (SSSR count). The Morgan fingerprint density at radius 2 is 0.688 bits per heavy atom. The lowest BCUT2D eigenvalue weighted by Gasteiger charge is -2.22. The van der Waals surface area contributed by atoms with Crippen molar-refractivity contribution in [3.05, 3.63) is 154 Å². The Labute approximate surface area is 281 Å². The predicted molar refractivity (Wildman–Crippen MR) is 197 cm³/mol. The van der Waals surface area contributed by atoms with Gasteiger partial charge in [0.2, 0.25) is 0 Å². The third kappa shape index (κ3) is 4.44. The van der Waals surface area contributed by atoms with Crippen LogP contribution in [-0.4, -0.2) is 35.7 Å². The highest BCUT2D eigenvalue weighted by Gasteiger charge is 2.47. The van der Waals surface area contributed by atoms with Crippen molar-refractivity contribution in [1.29, 1.82) is 0 Å². The zero-order valence-electron chi connectivity index (χ0n) is 28.1. The van der Waals surface area contributed by atoms with Crippen LogP contribution in [0.1, 0.15) is 33.4 Å². The van der Waals surface area contributed by atoms with Gasteiger partial charge in [0.25, 0.3) is 11.8 Å². The lowest BCUT2D eigenvalue weighted by atomic mass is 9.90. The van der Waals surface area contributed by atoms with Gasteiger partial charge in [-0.05, 0) is 71.5 Å².